The number of likely N-dealkylation sites (tertiary alicyclic amines) is 1. The topological polar surface area (TPSA) is 95.0 Å². The van der Waals surface area contributed by atoms with Crippen LogP contribution in [-0.4, -0.2) is 61.1 Å². The summed E-state index contributed by atoms with van der Waals surface area (Å²) in [6, 6.07) is 11.7. The van der Waals surface area contributed by atoms with Gasteiger partial charge in [0.1, 0.15) is 11.5 Å². The molecular weight excluding hydrogens is 490 g/mol. The number of aromatic amines is 1. The third-order valence-electron chi connectivity index (χ3n) is 7.28. The Kier molecular flexibility index (Phi) is 5.48. The van der Waals surface area contributed by atoms with Crippen LogP contribution in [0, 0.1) is 0 Å². The third-order valence-corrected chi connectivity index (χ3v) is 7.28. The SMILES string of the molecule is Cn1c(C(=O)N2CC(F)(F)C2)cc2c1CN(c1nccc(Nc3ccc(-c4cn[nH]c4)cc3)n1)CC2(C)C. The number of hydrogen-bond donors (Lipinski definition) is 2. The fraction of sp³-hybridized carbons (Fsp3) is 0.333. The van der Waals surface area contributed by atoms with E-state index in [-0.39, 0.29) is 11.3 Å². The van der Waals surface area contributed by atoms with E-state index in [0.717, 1.165) is 28.1 Å². The summed E-state index contributed by atoms with van der Waals surface area (Å²) in [6.07, 6.45) is 5.34. The van der Waals surface area contributed by atoms with Crippen LogP contribution in [0.2, 0.25) is 0 Å². The van der Waals surface area contributed by atoms with Crippen molar-refractivity contribution in [3.05, 3.63) is 71.9 Å². The molecule has 2 N–H and O–H groups in total. The summed E-state index contributed by atoms with van der Waals surface area (Å²) in [4.78, 5) is 25.5. The van der Waals surface area contributed by atoms with Gasteiger partial charge in [-0.25, -0.2) is 13.8 Å². The first-order valence-corrected chi connectivity index (χ1v) is 12.4. The zero-order valence-corrected chi connectivity index (χ0v) is 21.4. The molecule has 2 aliphatic rings. The summed E-state index contributed by atoms with van der Waals surface area (Å²) < 4.78 is 28.6. The average Bonchev–Trinajstić information content (AvgIpc) is 3.52. The van der Waals surface area contributed by atoms with Gasteiger partial charge in [0, 0.05) is 48.3 Å². The van der Waals surface area contributed by atoms with E-state index in [4.69, 9.17) is 4.98 Å². The maximum atomic E-state index is 13.4. The van der Waals surface area contributed by atoms with Crippen molar-refractivity contribution in [1.29, 1.82) is 0 Å². The van der Waals surface area contributed by atoms with Crippen molar-refractivity contribution in [1.82, 2.24) is 29.6 Å². The van der Waals surface area contributed by atoms with Gasteiger partial charge in [0.05, 0.1) is 25.8 Å². The van der Waals surface area contributed by atoms with Gasteiger partial charge in [-0.3, -0.25) is 9.89 Å². The normalized spacial score (nSPS) is 17.6. The number of rotatable bonds is 5. The van der Waals surface area contributed by atoms with Crippen LogP contribution in [-0.2, 0) is 19.0 Å². The molecule has 38 heavy (non-hydrogen) atoms. The van der Waals surface area contributed by atoms with Gasteiger partial charge in [-0.1, -0.05) is 26.0 Å². The first-order chi connectivity index (χ1) is 18.1. The lowest BCUT2D eigenvalue weighted by molar-refractivity contribution is -0.113. The zero-order chi connectivity index (χ0) is 26.7. The van der Waals surface area contributed by atoms with Gasteiger partial charge >= 0.3 is 0 Å². The van der Waals surface area contributed by atoms with E-state index >= 15 is 0 Å². The van der Waals surface area contributed by atoms with Gasteiger partial charge in [-0.2, -0.15) is 10.1 Å². The van der Waals surface area contributed by atoms with Gasteiger partial charge in [0.25, 0.3) is 11.8 Å². The number of halogens is 2. The summed E-state index contributed by atoms with van der Waals surface area (Å²) in [5.41, 5.74) is 5.08. The van der Waals surface area contributed by atoms with Gasteiger partial charge in [-0.05, 0) is 35.4 Å². The van der Waals surface area contributed by atoms with Gasteiger partial charge in [-0.15, -0.1) is 0 Å². The van der Waals surface area contributed by atoms with E-state index in [1.807, 2.05) is 54.2 Å². The summed E-state index contributed by atoms with van der Waals surface area (Å²) in [5, 5.41) is 10.2. The molecule has 4 aromatic rings. The molecule has 6 rings (SSSR count). The van der Waals surface area contributed by atoms with Crippen LogP contribution in [0.4, 0.5) is 26.2 Å². The fourth-order valence-electron chi connectivity index (χ4n) is 5.26. The monoisotopic (exact) mass is 518 g/mol. The summed E-state index contributed by atoms with van der Waals surface area (Å²) in [7, 11) is 1.82. The van der Waals surface area contributed by atoms with Crippen molar-refractivity contribution >= 4 is 23.4 Å². The lowest BCUT2D eigenvalue weighted by Crippen LogP contribution is -2.58. The van der Waals surface area contributed by atoms with Crippen LogP contribution in [0.3, 0.4) is 0 Å². The van der Waals surface area contributed by atoms with E-state index in [1.165, 1.54) is 4.90 Å². The van der Waals surface area contributed by atoms with E-state index in [1.54, 1.807) is 12.4 Å². The quantitative estimate of drug-likeness (QED) is 0.408. The Morgan fingerprint density at radius 2 is 1.84 bits per heavy atom. The second-order valence-corrected chi connectivity index (χ2v) is 10.6. The number of H-pyrrole nitrogens is 1. The lowest BCUT2D eigenvalue weighted by Gasteiger charge is -2.39. The standard InChI is InChI=1S/C27H28F2N8O/c1-26(2)14-36(13-22-20(26)10-21(35(22)3)24(38)37-15-27(28,29)16-37)25-30-9-8-23(34-25)33-19-6-4-17(5-7-19)18-11-31-32-12-18/h4-12H,13-16H2,1-3H3,(H,31,32)(H,30,33,34). The lowest BCUT2D eigenvalue weighted by atomic mass is 9.81. The predicted molar refractivity (Wildman–Crippen MR) is 140 cm³/mol. The van der Waals surface area contributed by atoms with Crippen LogP contribution in [0.1, 0.15) is 35.6 Å². The molecule has 0 atom stereocenters. The molecule has 9 nitrogen and oxygen atoms in total. The number of anilines is 3. The Morgan fingerprint density at radius 3 is 2.53 bits per heavy atom. The zero-order valence-electron chi connectivity index (χ0n) is 21.4. The molecule has 0 radical (unpaired) electrons. The van der Waals surface area contributed by atoms with Crippen molar-refractivity contribution in [2.45, 2.75) is 31.7 Å². The molecule has 3 aromatic heterocycles. The minimum Gasteiger partial charge on any atom is -0.342 e. The van der Waals surface area contributed by atoms with Crippen molar-refractivity contribution in [2.24, 2.45) is 7.05 Å². The molecule has 0 bridgehead atoms. The number of carbonyl (C=O) groups excluding carboxylic acids is 1. The molecule has 196 valence electrons. The highest BCUT2D eigenvalue weighted by Crippen LogP contribution is 2.38. The summed E-state index contributed by atoms with van der Waals surface area (Å²) >= 11 is 0. The van der Waals surface area contributed by atoms with Crippen LogP contribution in [0.25, 0.3) is 11.1 Å². The number of carbonyl (C=O) groups is 1. The maximum absolute atomic E-state index is 13.4. The number of aromatic nitrogens is 5. The number of alkyl halides is 2. The van der Waals surface area contributed by atoms with Crippen molar-refractivity contribution < 1.29 is 13.6 Å². The average molecular weight is 519 g/mol. The van der Waals surface area contributed by atoms with Gasteiger partial charge in [0.2, 0.25) is 5.95 Å². The Hall–Kier alpha value is -4.28. The Morgan fingerprint density at radius 1 is 1.08 bits per heavy atom. The minimum absolute atomic E-state index is 0.307. The van der Waals surface area contributed by atoms with Crippen molar-refractivity contribution in [3.8, 4) is 11.1 Å². The largest absolute Gasteiger partial charge is 0.342 e. The maximum Gasteiger partial charge on any atom is 0.282 e. The number of fused-ring (bicyclic) bond motifs is 1. The molecule has 1 fully saturated rings. The van der Waals surface area contributed by atoms with E-state index in [0.29, 0.717) is 30.5 Å². The van der Waals surface area contributed by atoms with Crippen LogP contribution in [0.5, 0.6) is 0 Å². The van der Waals surface area contributed by atoms with Crippen LogP contribution < -0.4 is 10.2 Å². The second-order valence-electron chi connectivity index (χ2n) is 10.6. The number of nitrogens with zero attached hydrogens (tertiary/aromatic N) is 6. The third kappa shape index (κ3) is 4.27. The highest BCUT2D eigenvalue weighted by Gasteiger charge is 2.47. The molecule has 1 saturated heterocycles. The van der Waals surface area contributed by atoms with Crippen molar-refractivity contribution in [2.75, 3.05) is 29.9 Å². The number of amides is 1. The first-order valence-electron chi connectivity index (χ1n) is 12.4. The van der Waals surface area contributed by atoms with E-state index in [2.05, 4.69) is 39.2 Å². The van der Waals surface area contributed by atoms with E-state index in [9.17, 15) is 13.6 Å². The summed E-state index contributed by atoms with van der Waals surface area (Å²) in [6.45, 7) is 4.29. The molecule has 5 heterocycles. The Bertz CT molecular complexity index is 1490. The fourth-order valence-corrected chi connectivity index (χ4v) is 5.26. The van der Waals surface area contributed by atoms with Gasteiger partial charge < -0.3 is 19.7 Å². The van der Waals surface area contributed by atoms with Crippen LogP contribution >= 0.6 is 0 Å². The first kappa shape index (κ1) is 24.1. The Labute approximate surface area is 218 Å². The van der Waals surface area contributed by atoms with E-state index < -0.39 is 19.0 Å². The predicted octanol–water partition coefficient (Wildman–Crippen LogP) is 4.34. The molecule has 0 unspecified atom stereocenters. The van der Waals surface area contributed by atoms with Crippen molar-refractivity contribution in [3.63, 3.8) is 0 Å². The Balaban J connectivity index is 1.22. The molecule has 1 aromatic carbocycles. The minimum atomic E-state index is -2.80. The number of hydrogen-bond acceptors (Lipinski definition) is 6. The highest BCUT2D eigenvalue weighted by molar-refractivity contribution is 5.94. The number of benzene rings is 1. The molecule has 0 spiro atoms. The summed E-state index contributed by atoms with van der Waals surface area (Å²) in [5.74, 6) is -1.93. The van der Waals surface area contributed by atoms with Gasteiger partial charge in [0.15, 0.2) is 0 Å². The molecule has 0 aliphatic carbocycles. The molecule has 2 aliphatic heterocycles. The second kappa shape index (κ2) is 8.64. The smallest absolute Gasteiger partial charge is 0.282 e. The number of nitrogens with one attached hydrogen (secondary N) is 2. The molecule has 11 heteroatoms. The molecule has 1 amide bonds. The highest BCUT2D eigenvalue weighted by atomic mass is 19.3. The van der Waals surface area contributed by atoms with Crippen LogP contribution in [0.15, 0.2) is 55.0 Å². The molecular formula is C27H28F2N8O. The molecule has 0 saturated carbocycles.